The quantitative estimate of drug-likeness (QED) is 0.886. The molecule has 2 heteroatoms. The first-order valence-electron chi connectivity index (χ1n) is 6.83. The van der Waals surface area contributed by atoms with E-state index in [-0.39, 0.29) is 0 Å². The molecule has 0 amide bonds. The summed E-state index contributed by atoms with van der Waals surface area (Å²) < 4.78 is 0. The molecule has 2 nitrogen and oxygen atoms in total. The van der Waals surface area contributed by atoms with Gasteiger partial charge in [0.15, 0.2) is 0 Å². The average Bonchev–Trinajstić information content (AvgIpc) is 3.15. The summed E-state index contributed by atoms with van der Waals surface area (Å²) in [5, 5.41) is 4.75. The molecule has 3 rings (SSSR count). The highest BCUT2D eigenvalue weighted by atomic mass is 14.9. The first-order valence-corrected chi connectivity index (χ1v) is 6.83. The Morgan fingerprint density at radius 1 is 1.22 bits per heavy atom. The highest BCUT2D eigenvalue weighted by Gasteiger charge is 2.38. The van der Waals surface area contributed by atoms with Gasteiger partial charge in [-0.3, -0.25) is 4.98 Å². The van der Waals surface area contributed by atoms with Crippen LogP contribution in [0.25, 0.3) is 10.9 Å². The van der Waals surface area contributed by atoms with Gasteiger partial charge in [-0.1, -0.05) is 38.1 Å². The van der Waals surface area contributed by atoms with Crippen molar-refractivity contribution < 1.29 is 0 Å². The first-order chi connectivity index (χ1) is 8.74. The third kappa shape index (κ3) is 2.39. The van der Waals surface area contributed by atoms with Gasteiger partial charge in [0.05, 0.1) is 5.52 Å². The monoisotopic (exact) mass is 240 g/mol. The fourth-order valence-electron chi connectivity index (χ4n) is 2.51. The number of hydrogen-bond donors (Lipinski definition) is 1. The molecule has 0 bridgehead atoms. The molecule has 0 saturated heterocycles. The zero-order chi connectivity index (χ0) is 12.5. The summed E-state index contributed by atoms with van der Waals surface area (Å²) in [6.07, 6.45) is 1.28. The van der Waals surface area contributed by atoms with Gasteiger partial charge in [0.1, 0.15) is 0 Å². The van der Waals surface area contributed by atoms with Crippen LogP contribution in [0.1, 0.15) is 31.9 Å². The summed E-state index contributed by atoms with van der Waals surface area (Å²) in [4.78, 5) is 4.79. The van der Waals surface area contributed by atoms with Crippen LogP contribution in [0.3, 0.4) is 0 Å². The molecule has 1 aromatic carbocycles. The predicted molar refractivity (Wildman–Crippen MR) is 75.7 cm³/mol. The van der Waals surface area contributed by atoms with Gasteiger partial charge in [-0.05, 0) is 31.0 Å². The molecule has 94 valence electrons. The van der Waals surface area contributed by atoms with Crippen LogP contribution in [0.15, 0.2) is 36.4 Å². The third-order valence-corrected chi connectivity index (χ3v) is 3.71. The molecule has 2 unspecified atom stereocenters. The van der Waals surface area contributed by atoms with E-state index in [0.29, 0.717) is 12.0 Å². The predicted octanol–water partition coefficient (Wildman–Crippen LogP) is 3.34. The molecular weight excluding hydrogens is 220 g/mol. The van der Waals surface area contributed by atoms with Crippen molar-refractivity contribution in [1.82, 2.24) is 10.3 Å². The zero-order valence-electron chi connectivity index (χ0n) is 11.1. The van der Waals surface area contributed by atoms with Crippen LogP contribution >= 0.6 is 0 Å². The fraction of sp³-hybridized carbons (Fsp3) is 0.438. The molecule has 1 N–H and O–H groups in total. The van der Waals surface area contributed by atoms with Crippen LogP contribution in [0.2, 0.25) is 0 Å². The summed E-state index contributed by atoms with van der Waals surface area (Å²) in [7, 11) is 0. The Hall–Kier alpha value is -1.41. The Bertz CT molecular complexity index is 548. The first kappa shape index (κ1) is 11.7. The summed E-state index contributed by atoms with van der Waals surface area (Å²) in [5.74, 6) is 1.45. The topological polar surface area (TPSA) is 24.9 Å². The molecule has 0 spiro atoms. The van der Waals surface area contributed by atoms with Gasteiger partial charge in [0.25, 0.3) is 0 Å². The van der Waals surface area contributed by atoms with Crippen molar-refractivity contribution in [3.05, 3.63) is 42.1 Å². The Morgan fingerprint density at radius 3 is 2.89 bits per heavy atom. The normalized spacial score (nSPS) is 22.6. The van der Waals surface area contributed by atoms with E-state index in [2.05, 4.69) is 55.6 Å². The Labute approximate surface area is 108 Å². The molecule has 1 aliphatic carbocycles. The van der Waals surface area contributed by atoms with E-state index in [1.165, 1.54) is 17.5 Å². The molecule has 1 fully saturated rings. The van der Waals surface area contributed by atoms with E-state index in [4.69, 9.17) is 4.98 Å². The van der Waals surface area contributed by atoms with E-state index in [1.807, 2.05) is 0 Å². The van der Waals surface area contributed by atoms with Gasteiger partial charge in [-0.2, -0.15) is 0 Å². The molecule has 1 aliphatic rings. The van der Waals surface area contributed by atoms with Crippen LogP contribution in [0, 0.1) is 5.92 Å². The maximum Gasteiger partial charge on any atom is 0.0705 e. The summed E-state index contributed by atoms with van der Waals surface area (Å²) in [6.45, 7) is 5.52. The lowest BCUT2D eigenvalue weighted by molar-refractivity contribution is 0.554. The Morgan fingerprint density at radius 2 is 2.06 bits per heavy atom. The second kappa shape index (κ2) is 4.69. The number of pyridine rings is 1. The second-order valence-corrected chi connectivity index (χ2v) is 5.59. The van der Waals surface area contributed by atoms with Crippen LogP contribution in [-0.4, -0.2) is 17.6 Å². The second-order valence-electron chi connectivity index (χ2n) is 5.59. The zero-order valence-corrected chi connectivity index (χ0v) is 11.1. The number of rotatable bonds is 4. The number of hydrogen-bond acceptors (Lipinski definition) is 2. The van der Waals surface area contributed by atoms with E-state index >= 15 is 0 Å². The summed E-state index contributed by atoms with van der Waals surface area (Å²) in [6, 6.07) is 13.3. The average molecular weight is 240 g/mol. The largest absolute Gasteiger partial charge is 0.314 e. The van der Waals surface area contributed by atoms with Crippen molar-refractivity contribution in [2.24, 2.45) is 5.92 Å². The summed E-state index contributed by atoms with van der Waals surface area (Å²) >= 11 is 0. The Balaban J connectivity index is 1.72. The molecule has 0 radical (unpaired) electrons. The molecule has 2 atom stereocenters. The minimum atomic E-state index is 0.579. The highest BCUT2D eigenvalue weighted by Crippen LogP contribution is 2.46. The molecule has 2 aromatic rings. The van der Waals surface area contributed by atoms with Crippen LogP contribution in [0.5, 0.6) is 0 Å². The van der Waals surface area contributed by atoms with Gasteiger partial charge >= 0.3 is 0 Å². The maximum absolute atomic E-state index is 4.79. The number of fused-ring (bicyclic) bond motifs is 1. The van der Waals surface area contributed by atoms with E-state index in [0.717, 1.165) is 18.0 Å². The lowest BCUT2D eigenvalue weighted by atomic mass is 10.1. The Kier molecular flexibility index (Phi) is 3.04. The minimum Gasteiger partial charge on any atom is -0.314 e. The standard InChI is InChI=1S/C16H20N2/c1-11(2)17-10-13-9-14(13)16-8-7-12-5-3-4-6-15(12)18-16/h3-8,11,13-14,17H,9-10H2,1-2H3. The van der Waals surface area contributed by atoms with Crippen LogP contribution in [0.4, 0.5) is 0 Å². The minimum absolute atomic E-state index is 0.579. The smallest absolute Gasteiger partial charge is 0.0705 e. The molecule has 1 heterocycles. The van der Waals surface area contributed by atoms with E-state index < -0.39 is 0 Å². The number of aromatic nitrogens is 1. The molecule has 18 heavy (non-hydrogen) atoms. The molecule has 1 aromatic heterocycles. The fourth-order valence-corrected chi connectivity index (χ4v) is 2.51. The van der Waals surface area contributed by atoms with E-state index in [9.17, 15) is 0 Å². The number of benzene rings is 1. The lowest BCUT2D eigenvalue weighted by Gasteiger charge is -2.07. The van der Waals surface area contributed by atoms with Gasteiger partial charge in [-0.25, -0.2) is 0 Å². The molecule has 1 saturated carbocycles. The number of nitrogens with one attached hydrogen (secondary N) is 1. The third-order valence-electron chi connectivity index (χ3n) is 3.71. The lowest BCUT2D eigenvalue weighted by Crippen LogP contribution is -2.25. The van der Waals surface area contributed by atoms with Crippen LogP contribution in [-0.2, 0) is 0 Å². The van der Waals surface area contributed by atoms with E-state index in [1.54, 1.807) is 0 Å². The number of nitrogens with zero attached hydrogens (tertiary/aromatic N) is 1. The van der Waals surface area contributed by atoms with Crippen molar-refractivity contribution in [2.45, 2.75) is 32.2 Å². The van der Waals surface area contributed by atoms with Crippen molar-refractivity contribution in [2.75, 3.05) is 6.54 Å². The summed E-state index contributed by atoms with van der Waals surface area (Å²) in [5.41, 5.74) is 2.39. The highest BCUT2D eigenvalue weighted by molar-refractivity contribution is 5.78. The van der Waals surface area contributed by atoms with Crippen molar-refractivity contribution in [3.63, 3.8) is 0 Å². The maximum atomic E-state index is 4.79. The van der Waals surface area contributed by atoms with Crippen LogP contribution < -0.4 is 5.32 Å². The number of para-hydroxylation sites is 1. The molecule has 0 aliphatic heterocycles. The van der Waals surface area contributed by atoms with Crippen molar-refractivity contribution in [3.8, 4) is 0 Å². The van der Waals surface area contributed by atoms with Gasteiger partial charge in [0, 0.05) is 23.0 Å². The van der Waals surface area contributed by atoms with Gasteiger partial charge in [-0.15, -0.1) is 0 Å². The van der Waals surface area contributed by atoms with Gasteiger partial charge < -0.3 is 5.32 Å². The van der Waals surface area contributed by atoms with Crippen molar-refractivity contribution in [1.29, 1.82) is 0 Å². The SMILES string of the molecule is CC(C)NCC1CC1c1ccc2ccccc2n1. The van der Waals surface area contributed by atoms with Crippen molar-refractivity contribution >= 4 is 10.9 Å². The van der Waals surface area contributed by atoms with Gasteiger partial charge in [0.2, 0.25) is 0 Å². The molecular formula is C16H20N2.